The van der Waals surface area contributed by atoms with E-state index in [0.29, 0.717) is 0 Å². The van der Waals surface area contributed by atoms with Gasteiger partial charge < -0.3 is 4.90 Å². The van der Waals surface area contributed by atoms with Crippen molar-refractivity contribution >= 4 is 0 Å². The highest BCUT2D eigenvalue weighted by atomic mass is 15.1. The quantitative estimate of drug-likeness (QED) is 0.772. The van der Waals surface area contributed by atoms with E-state index in [1.54, 1.807) is 5.56 Å². The highest BCUT2D eigenvalue weighted by Crippen LogP contribution is 2.27. The van der Waals surface area contributed by atoms with E-state index in [2.05, 4.69) is 56.9 Å². The van der Waals surface area contributed by atoms with Crippen LogP contribution < -0.4 is 0 Å². The van der Waals surface area contributed by atoms with Crippen LogP contribution in [-0.4, -0.2) is 24.5 Å². The van der Waals surface area contributed by atoms with E-state index in [1.165, 1.54) is 50.9 Å². The van der Waals surface area contributed by atoms with Gasteiger partial charge in [-0.05, 0) is 54.8 Å². The first-order chi connectivity index (χ1) is 9.47. The second-order valence-corrected chi connectivity index (χ2v) is 7.58. The molecule has 1 aliphatic heterocycles. The molecule has 1 aromatic carbocycles. The zero-order valence-corrected chi connectivity index (χ0v) is 13.8. The number of likely N-dealkylation sites (tertiary alicyclic amines) is 1. The first kappa shape index (κ1) is 15.6. The highest BCUT2D eigenvalue weighted by molar-refractivity contribution is 5.33. The van der Waals surface area contributed by atoms with Gasteiger partial charge in [0.2, 0.25) is 0 Å². The van der Waals surface area contributed by atoms with E-state index >= 15 is 0 Å². The summed E-state index contributed by atoms with van der Waals surface area (Å²) < 4.78 is 0. The van der Waals surface area contributed by atoms with Crippen molar-refractivity contribution in [2.75, 3.05) is 19.6 Å². The van der Waals surface area contributed by atoms with Gasteiger partial charge in [0.25, 0.3) is 0 Å². The molecule has 0 spiro atoms. The average Bonchev–Trinajstić information content (AvgIpc) is 2.39. The maximum absolute atomic E-state index is 2.66. The van der Waals surface area contributed by atoms with Gasteiger partial charge >= 0.3 is 0 Å². The van der Waals surface area contributed by atoms with Crippen LogP contribution in [0.1, 0.15) is 58.1 Å². The summed E-state index contributed by atoms with van der Waals surface area (Å²) in [5.74, 6) is 0.747. The molecule has 1 aromatic rings. The van der Waals surface area contributed by atoms with Gasteiger partial charge in [0.05, 0.1) is 0 Å². The number of nitrogens with zero attached hydrogens (tertiary/aromatic N) is 1. The minimum atomic E-state index is 0.251. The van der Waals surface area contributed by atoms with Crippen molar-refractivity contribution in [1.29, 1.82) is 0 Å². The van der Waals surface area contributed by atoms with E-state index in [1.807, 2.05) is 0 Å². The van der Waals surface area contributed by atoms with E-state index < -0.39 is 0 Å². The van der Waals surface area contributed by atoms with Crippen LogP contribution in [0.15, 0.2) is 24.3 Å². The summed E-state index contributed by atoms with van der Waals surface area (Å²) in [5, 5.41) is 0. The SMILES string of the molecule is CC(Cc1ccccc1C(C)(C)C)CN1CCCCC1. The lowest BCUT2D eigenvalue weighted by Crippen LogP contribution is -2.34. The molecule has 1 heterocycles. The molecule has 0 N–H and O–H groups in total. The summed E-state index contributed by atoms with van der Waals surface area (Å²) in [6.45, 7) is 13.3. The van der Waals surface area contributed by atoms with Gasteiger partial charge in [0.1, 0.15) is 0 Å². The molecule has 1 aliphatic rings. The van der Waals surface area contributed by atoms with Gasteiger partial charge in [0.15, 0.2) is 0 Å². The third-order valence-electron chi connectivity index (χ3n) is 4.41. The summed E-state index contributed by atoms with van der Waals surface area (Å²) in [6, 6.07) is 9.01. The van der Waals surface area contributed by atoms with Gasteiger partial charge in [-0.25, -0.2) is 0 Å². The van der Waals surface area contributed by atoms with Crippen LogP contribution in [0.3, 0.4) is 0 Å². The van der Waals surface area contributed by atoms with Crippen molar-refractivity contribution in [2.24, 2.45) is 5.92 Å². The molecule has 0 saturated carbocycles. The molecule has 0 amide bonds. The molecule has 1 unspecified atom stereocenters. The predicted octanol–water partition coefficient (Wildman–Crippen LogP) is 4.65. The Hall–Kier alpha value is -0.820. The van der Waals surface area contributed by atoms with Gasteiger partial charge in [-0.1, -0.05) is 58.4 Å². The molecule has 1 heteroatoms. The van der Waals surface area contributed by atoms with Crippen molar-refractivity contribution in [3.8, 4) is 0 Å². The van der Waals surface area contributed by atoms with Crippen molar-refractivity contribution in [3.63, 3.8) is 0 Å². The van der Waals surface area contributed by atoms with E-state index in [0.717, 1.165) is 5.92 Å². The molecule has 1 fully saturated rings. The van der Waals surface area contributed by atoms with Gasteiger partial charge in [-0.3, -0.25) is 0 Å². The van der Waals surface area contributed by atoms with Gasteiger partial charge in [0, 0.05) is 6.54 Å². The third kappa shape index (κ3) is 4.34. The Morgan fingerprint density at radius 2 is 1.70 bits per heavy atom. The molecule has 112 valence electrons. The van der Waals surface area contributed by atoms with E-state index in [9.17, 15) is 0 Å². The molecule has 0 radical (unpaired) electrons. The van der Waals surface area contributed by atoms with Gasteiger partial charge in [-0.15, -0.1) is 0 Å². The Morgan fingerprint density at radius 3 is 2.35 bits per heavy atom. The van der Waals surface area contributed by atoms with E-state index in [-0.39, 0.29) is 5.41 Å². The van der Waals surface area contributed by atoms with E-state index in [4.69, 9.17) is 0 Å². The van der Waals surface area contributed by atoms with Crippen LogP contribution in [-0.2, 0) is 11.8 Å². The maximum Gasteiger partial charge on any atom is 0.00102 e. The predicted molar refractivity (Wildman–Crippen MR) is 88.3 cm³/mol. The number of rotatable bonds is 4. The molecule has 1 saturated heterocycles. The number of benzene rings is 1. The lowest BCUT2D eigenvalue weighted by Gasteiger charge is -2.30. The third-order valence-corrected chi connectivity index (χ3v) is 4.41. The first-order valence-electron chi connectivity index (χ1n) is 8.27. The smallest absolute Gasteiger partial charge is 0.00102 e. The Bertz CT molecular complexity index is 410. The lowest BCUT2D eigenvalue weighted by molar-refractivity contribution is 0.200. The van der Waals surface area contributed by atoms with Gasteiger partial charge in [-0.2, -0.15) is 0 Å². The molecular formula is C19H31N. The molecule has 0 bridgehead atoms. The second kappa shape index (κ2) is 6.76. The topological polar surface area (TPSA) is 3.24 Å². The normalized spacial score (nSPS) is 19.0. The largest absolute Gasteiger partial charge is 0.303 e. The highest BCUT2D eigenvalue weighted by Gasteiger charge is 2.19. The summed E-state index contributed by atoms with van der Waals surface area (Å²) in [4.78, 5) is 2.66. The summed E-state index contributed by atoms with van der Waals surface area (Å²) in [5.41, 5.74) is 3.32. The summed E-state index contributed by atoms with van der Waals surface area (Å²) in [6.07, 6.45) is 5.43. The number of piperidine rings is 1. The maximum atomic E-state index is 2.66. The standard InChI is InChI=1S/C19H31N/c1-16(15-20-12-8-5-9-13-20)14-17-10-6-7-11-18(17)19(2,3)4/h6-7,10-11,16H,5,8-9,12-15H2,1-4H3. The van der Waals surface area contributed by atoms with Crippen LogP contribution in [0, 0.1) is 5.92 Å². The second-order valence-electron chi connectivity index (χ2n) is 7.58. The molecule has 1 nitrogen and oxygen atoms in total. The molecule has 0 aromatic heterocycles. The molecule has 2 rings (SSSR count). The number of hydrogen-bond acceptors (Lipinski definition) is 1. The fourth-order valence-electron chi connectivity index (χ4n) is 3.45. The number of hydrogen-bond donors (Lipinski definition) is 0. The van der Waals surface area contributed by atoms with Crippen LogP contribution in [0.5, 0.6) is 0 Å². The monoisotopic (exact) mass is 273 g/mol. The van der Waals surface area contributed by atoms with Crippen LogP contribution in [0.2, 0.25) is 0 Å². The van der Waals surface area contributed by atoms with Crippen molar-refractivity contribution in [1.82, 2.24) is 4.90 Å². The summed E-state index contributed by atoms with van der Waals surface area (Å²) >= 11 is 0. The lowest BCUT2D eigenvalue weighted by atomic mass is 9.81. The van der Waals surface area contributed by atoms with Crippen molar-refractivity contribution < 1.29 is 0 Å². The minimum absolute atomic E-state index is 0.251. The Kier molecular flexibility index (Phi) is 5.26. The molecule has 20 heavy (non-hydrogen) atoms. The molecule has 0 aliphatic carbocycles. The molecular weight excluding hydrogens is 242 g/mol. The molecule has 1 atom stereocenters. The zero-order valence-electron chi connectivity index (χ0n) is 13.8. The zero-order chi connectivity index (χ0) is 14.6. The fourth-order valence-corrected chi connectivity index (χ4v) is 3.45. The fraction of sp³-hybridized carbons (Fsp3) is 0.684. The Morgan fingerprint density at radius 1 is 1.05 bits per heavy atom. The Balaban J connectivity index is 1.98. The summed E-state index contributed by atoms with van der Waals surface area (Å²) in [7, 11) is 0. The van der Waals surface area contributed by atoms with Crippen molar-refractivity contribution in [2.45, 2.75) is 58.8 Å². The van der Waals surface area contributed by atoms with Crippen LogP contribution in [0.25, 0.3) is 0 Å². The van der Waals surface area contributed by atoms with Crippen molar-refractivity contribution in [3.05, 3.63) is 35.4 Å². The average molecular weight is 273 g/mol. The van der Waals surface area contributed by atoms with Crippen LogP contribution >= 0.6 is 0 Å². The first-order valence-corrected chi connectivity index (χ1v) is 8.27. The minimum Gasteiger partial charge on any atom is -0.303 e. The Labute approximate surface area is 125 Å². The van der Waals surface area contributed by atoms with Crippen LogP contribution in [0.4, 0.5) is 0 Å².